The Morgan fingerprint density at radius 2 is 1.50 bits per heavy atom. The van der Waals surface area contributed by atoms with Gasteiger partial charge in [-0.2, -0.15) is 0 Å². The fourth-order valence-corrected chi connectivity index (χ4v) is 5.59. The Bertz CT molecular complexity index is 1240. The van der Waals surface area contributed by atoms with Crippen molar-refractivity contribution in [2.75, 3.05) is 50.4 Å². The Morgan fingerprint density at radius 3 is 2.00 bits per heavy atom. The molecule has 3 aromatic rings. The van der Waals surface area contributed by atoms with Crippen molar-refractivity contribution in [2.24, 2.45) is 0 Å². The maximum atomic E-state index is 13.3. The number of halogens is 1. The molecule has 1 aliphatic heterocycles. The molecule has 0 radical (unpaired) electrons. The van der Waals surface area contributed by atoms with Gasteiger partial charge >= 0.3 is 0 Å². The normalized spacial score (nSPS) is 14.6. The Labute approximate surface area is 217 Å². The molecule has 0 aromatic heterocycles. The number of anilines is 1. The van der Waals surface area contributed by atoms with Gasteiger partial charge in [-0.25, -0.2) is 8.42 Å². The summed E-state index contributed by atoms with van der Waals surface area (Å²) in [6.07, 6.45) is 1.07. The maximum absolute atomic E-state index is 13.3. The van der Waals surface area contributed by atoms with Crippen LogP contribution in [0.4, 0.5) is 5.69 Å². The van der Waals surface area contributed by atoms with Crippen LogP contribution in [0.15, 0.2) is 78.9 Å². The van der Waals surface area contributed by atoms with Gasteiger partial charge in [0.1, 0.15) is 12.3 Å². The van der Waals surface area contributed by atoms with E-state index >= 15 is 0 Å². The fourth-order valence-electron chi connectivity index (χ4n) is 4.58. The summed E-state index contributed by atoms with van der Waals surface area (Å²) in [5.41, 5.74) is 2.63. The third kappa shape index (κ3) is 6.00. The molecule has 0 unspecified atom stereocenters. The minimum atomic E-state index is -3.76. The van der Waals surface area contributed by atoms with Gasteiger partial charge < -0.3 is 9.64 Å². The molecule has 4 rings (SSSR count). The summed E-state index contributed by atoms with van der Waals surface area (Å²) in [6, 6.07) is 25.4. The largest absolute Gasteiger partial charge is 0.495 e. The number of carbonyl (C=O) groups excluding carboxylic acids is 1. The molecule has 0 spiro atoms. The summed E-state index contributed by atoms with van der Waals surface area (Å²) in [4.78, 5) is 17.3. The molecular formula is C27H30ClN3O4S. The second kappa shape index (κ2) is 11.3. The third-order valence-electron chi connectivity index (χ3n) is 6.35. The SMILES string of the molecule is COc1ccc(Cl)cc1N(CC(=O)N1CCN(C(c2ccccc2)c2ccccc2)CC1)S(C)(=O)=O. The van der Waals surface area contributed by atoms with E-state index in [0.717, 1.165) is 10.6 Å². The summed E-state index contributed by atoms with van der Waals surface area (Å²) in [7, 11) is -2.31. The molecule has 0 N–H and O–H groups in total. The van der Waals surface area contributed by atoms with Gasteiger partial charge in [0.2, 0.25) is 15.9 Å². The van der Waals surface area contributed by atoms with Crippen LogP contribution in [0.25, 0.3) is 0 Å². The first-order chi connectivity index (χ1) is 17.3. The van der Waals surface area contributed by atoms with E-state index in [4.69, 9.17) is 16.3 Å². The first-order valence-electron chi connectivity index (χ1n) is 11.7. The number of nitrogens with zero attached hydrogens (tertiary/aromatic N) is 3. The van der Waals surface area contributed by atoms with Crippen molar-refractivity contribution in [1.29, 1.82) is 0 Å². The van der Waals surface area contributed by atoms with Crippen molar-refractivity contribution in [3.05, 3.63) is 95.0 Å². The number of rotatable bonds is 8. The van der Waals surface area contributed by atoms with Crippen LogP contribution < -0.4 is 9.04 Å². The number of piperazine rings is 1. The Kier molecular flexibility index (Phi) is 8.18. The van der Waals surface area contributed by atoms with Crippen molar-refractivity contribution in [1.82, 2.24) is 9.80 Å². The molecule has 1 aliphatic rings. The summed E-state index contributed by atoms with van der Waals surface area (Å²) in [5.74, 6) is 0.0640. The van der Waals surface area contributed by atoms with Gasteiger partial charge in [0, 0.05) is 31.2 Å². The van der Waals surface area contributed by atoms with E-state index in [1.807, 2.05) is 36.4 Å². The second-order valence-corrected chi connectivity index (χ2v) is 11.1. The zero-order valence-electron chi connectivity index (χ0n) is 20.4. The molecule has 0 bridgehead atoms. The molecule has 36 heavy (non-hydrogen) atoms. The summed E-state index contributed by atoms with van der Waals surface area (Å²) >= 11 is 6.12. The highest BCUT2D eigenvalue weighted by molar-refractivity contribution is 7.92. The van der Waals surface area contributed by atoms with Crippen LogP contribution in [0.2, 0.25) is 5.02 Å². The van der Waals surface area contributed by atoms with Crippen molar-refractivity contribution in [3.8, 4) is 5.75 Å². The van der Waals surface area contributed by atoms with E-state index in [0.29, 0.717) is 37.0 Å². The highest BCUT2D eigenvalue weighted by Gasteiger charge is 2.31. The first-order valence-corrected chi connectivity index (χ1v) is 13.9. The van der Waals surface area contributed by atoms with Gasteiger partial charge in [-0.1, -0.05) is 72.3 Å². The summed E-state index contributed by atoms with van der Waals surface area (Å²) in [6.45, 7) is 2.01. The van der Waals surface area contributed by atoms with E-state index < -0.39 is 10.0 Å². The number of hydrogen-bond acceptors (Lipinski definition) is 5. The molecule has 9 heteroatoms. The number of amides is 1. The average Bonchev–Trinajstić information content (AvgIpc) is 2.88. The van der Waals surface area contributed by atoms with Crippen LogP contribution in [-0.2, 0) is 14.8 Å². The number of carbonyl (C=O) groups is 1. The Hall–Kier alpha value is -3.07. The van der Waals surface area contributed by atoms with E-state index in [1.54, 1.807) is 17.0 Å². The van der Waals surface area contributed by atoms with E-state index in [1.165, 1.54) is 24.3 Å². The molecular weight excluding hydrogens is 498 g/mol. The smallest absolute Gasteiger partial charge is 0.243 e. The van der Waals surface area contributed by atoms with Crippen molar-refractivity contribution >= 4 is 33.2 Å². The molecule has 1 saturated heterocycles. The van der Waals surface area contributed by atoms with E-state index in [-0.39, 0.29) is 24.2 Å². The van der Waals surface area contributed by atoms with Gasteiger partial charge in [0.25, 0.3) is 0 Å². The highest BCUT2D eigenvalue weighted by atomic mass is 35.5. The van der Waals surface area contributed by atoms with Crippen molar-refractivity contribution < 1.29 is 17.9 Å². The minimum absolute atomic E-state index is 0.0768. The molecule has 0 saturated carbocycles. The van der Waals surface area contributed by atoms with Gasteiger partial charge in [-0.05, 0) is 29.3 Å². The lowest BCUT2D eigenvalue weighted by molar-refractivity contribution is -0.131. The average molecular weight is 528 g/mol. The third-order valence-corrected chi connectivity index (χ3v) is 7.71. The first kappa shape index (κ1) is 26.0. The topological polar surface area (TPSA) is 70.2 Å². The fraction of sp³-hybridized carbons (Fsp3) is 0.296. The van der Waals surface area contributed by atoms with Crippen LogP contribution >= 0.6 is 11.6 Å². The number of methoxy groups -OCH3 is 1. The lowest BCUT2D eigenvalue weighted by Gasteiger charge is -2.40. The quantitative estimate of drug-likeness (QED) is 0.442. The Morgan fingerprint density at radius 1 is 0.944 bits per heavy atom. The molecule has 3 aromatic carbocycles. The molecule has 1 fully saturated rings. The van der Waals surface area contributed by atoms with E-state index in [2.05, 4.69) is 29.2 Å². The maximum Gasteiger partial charge on any atom is 0.243 e. The Balaban J connectivity index is 1.50. The molecule has 7 nitrogen and oxygen atoms in total. The van der Waals surface area contributed by atoms with E-state index in [9.17, 15) is 13.2 Å². The molecule has 0 aliphatic carbocycles. The summed E-state index contributed by atoms with van der Waals surface area (Å²) < 4.78 is 31.7. The van der Waals surface area contributed by atoms with Crippen LogP contribution in [-0.4, -0.2) is 70.2 Å². The number of hydrogen-bond donors (Lipinski definition) is 0. The van der Waals surface area contributed by atoms with Gasteiger partial charge in [-0.3, -0.25) is 14.0 Å². The van der Waals surface area contributed by atoms with Gasteiger partial charge in [-0.15, -0.1) is 0 Å². The van der Waals surface area contributed by atoms with Crippen LogP contribution in [0.5, 0.6) is 5.75 Å². The second-order valence-electron chi connectivity index (χ2n) is 8.73. The van der Waals surface area contributed by atoms with Crippen molar-refractivity contribution in [2.45, 2.75) is 6.04 Å². The standard InChI is InChI=1S/C27H30ClN3O4S/c1-35-25-14-13-23(28)19-24(25)31(36(2,33)34)20-26(32)29-15-17-30(18-16-29)27(21-9-5-3-6-10-21)22-11-7-4-8-12-22/h3-14,19,27H,15-18,20H2,1-2H3. The molecule has 0 atom stereocenters. The monoisotopic (exact) mass is 527 g/mol. The zero-order valence-corrected chi connectivity index (χ0v) is 22.0. The molecule has 1 amide bonds. The van der Waals surface area contributed by atoms with Crippen LogP contribution in [0.3, 0.4) is 0 Å². The lowest BCUT2D eigenvalue weighted by Crippen LogP contribution is -2.52. The predicted octanol–water partition coefficient (Wildman–Crippen LogP) is 4.05. The van der Waals surface area contributed by atoms with Crippen molar-refractivity contribution in [3.63, 3.8) is 0 Å². The zero-order chi connectivity index (χ0) is 25.7. The van der Waals surface area contributed by atoms with Crippen LogP contribution in [0, 0.1) is 0 Å². The number of ether oxygens (including phenoxy) is 1. The predicted molar refractivity (Wildman–Crippen MR) is 143 cm³/mol. The minimum Gasteiger partial charge on any atom is -0.495 e. The van der Waals surface area contributed by atoms with Crippen LogP contribution in [0.1, 0.15) is 17.2 Å². The van der Waals surface area contributed by atoms with Gasteiger partial charge in [0.15, 0.2) is 0 Å². The lowest BCUT2D eigenvalue weighted by atomic mass is 9.96. The number of sulfonamides is 1. The van der Waals surface area contributed by atoms with Gasteiger partial charge in [0.05, 0.1) is 25.1 Å². The number of benzene rings is 3. The summed E-state index contributed by atoms with van der Waals surface area (Å²) in [5, 5.41) is 0.355. The molecule has 1 heterocycles. The molecule has 190 valence electrons. The highest BCUT2D eigenvalue weighted by Crippen LogP contribution is 2.33.